The molecule has 144 heavy (non-hydrogen) atoms. The van der Waals surface area contributed by atoms with E-state index in [1.807, 2.05) is 0 Å². The molecule has 0 unspecified atom stereocenters. The molecule has 4 nitrogen and oxygen atoms in total. The Morgan fingerprint density at radius 3 is 0.479 bits per heavy atom. The third-order valence-electron chi connectivity index (χ3n) is 21.3. The van der Waals surface area contributed by atoms with E-state index < -0.39 is 354 Å². The Morgan fingerprint density at radius 1 is 0.194 bits per heavy atom. The smallest absolute Gasteiger partial charge is 0.460 e. The van der Waals surface area contributed by atoms with Gasteiger partial charge in [0.05, 0.1) is 12.1 Å². The second-order valence-electron chi connectivity index (χ2n) is 33.1. The molecule has 0 saturated heterocycles. The molecule has 0 amide bonds. The molecule has 2 atom stereocenters. The minimum Gasteiger partial charge on any atom is -0.507 e. The van der Waals surface area contributed by atoms with Gasteiger partial charge in [-0.1, -0.05) is 54.4 Å². The first-order valence-corrected chi connectivity index (χ1v) is 36.3. The van der Waals surface area contributed by atoms with E-state index in [4.69, 9.17) is 0 Å². The van der Waals surface area contributed by atoms with Crippen molar-refractivity contribution in [2.45, 2.75) is 281 Å². The summed E-state index contributed by atoms with van der Waals surface area (Å²) < 4.78 is 996. The SMILES string of the molecule is CC(C)(C)c1cc(-c2cc(C(F)(F)C(F)(F)C(F)(F)C(F)(F)C(F)(F)C(F)(F)C(F)(F)C(F)(F)F)cc(C(F)(F)C(F)(F)C(F)(F)C(F)(F)C(F)(F)C(F)(F)C(F)(F)C(F)(F)F)c2)cc(C=N[C@@H]2CCCC[C@H]2N=Cc2cc(-c3cc(C(F)(F)C(F)(F)C(F)(F)C(F)(F)C(F)(F)C(F)(F)C(F)(F)C(F)(F)F)cc(C(F)(F)C(F)(F)C(F)(F)C(F)(F)C(F)(F)C(F)(F)C(F)(F)C(F)(F)F)c3)cc(C(C)(C)C)c2O)c1O. The summed E-state index contributed by atoms with van der Waals surface area (Å²) in [5, 5.41) is 23.1. The molecule has 0 bridgehead atoms. The molecular weight excluding hydrogens is 2220 g/mol. The number of hydrogen-bond donors (Lipinski definition) is 2. The van der Waals surface area contributed by atoms with E-state index in [9.17, 15) is 168 Å². The number of alkyl halides is 68. The van der Waals surface area contributed by atoms with Crippen molar-refractivity contribution in [2.24, 2.45) is 9.98 Å². The van der Waals surface area contributed by atoms with Gasteiger partial charge in [-0.05, 0) is 107 Å². The van der Waals surface area contributed by atoms with Crippen LogP contribution in [0.1, 0.15) is 112 Å². The lowest BCUT2D eigenvalue weighted by Gasteiger charge is -2.43. The molecule has 0 radical (unpaired) electrons. The Labute approximate surface area is 750 Å². The van der Waals surface area contributed by atoms with Crippen molar-refractivity contribution in [3.05, 3.63) is 105 Å². The van der Waals surface area contributed by atoms with Crippen LogP contribution in [0.2, 0.25) is 0 Å². The van der Waals surface area contributed by atoms with E-state index in [2.05, 4.69) is 9.98 Å². The third kappa shape index (κ3) is 17.5. The Bertz CT molecular complexity index is 4860. The quantitative estimate of drug-likeness (QED) is 0.0362. The van der Waals surface area contributed by atoms with Crippen LogP contribution in [-0.2, 0) is 34.5 Å². The fourth-order valence-corrected chi connectivity index (χ4v) is 12.5. The largest absolute Gasteiger partial charge is 0.507 e. The van der Waals surface area contributed by atoms with Gasteiger partial charge >= 0.3 is 191 Å². The number of phenolic OH excluding ortho intramolecular Hbond substituents is 2. The van der Waals surface area contributed by atoms with Crippen LogP contribution in [0.15, 0.2) is 70.6 Å². The molecule has 828 valence electrons. The van der Waals surface area contributed by atoms with Gasteiger partial charge in [0.15, 0.2) is 0 Å². The van der Waals surface area contributed by atoms with Crippen LogP contribution >= 0.6 is 0 Å². The molecule has 1 aliphatic rings. The highest BCUT2D eigenvalue weighted by atomic mass is 19.5. The molecule has 4 aromatic rings. The first-order chi connectivity index (χ1) is 62.3. The molecule has 0 aromatic heterocycles. The molecule has 1 saturated carbocycles. The Morgan fingerprint density at radius 2 is 0.333 bits per heavy atom. The van der Waals surface area contributed by atoms with Crippen LogP contribution in [0.5, 0.6) is 11.5 Å². The monoisotopic (exact) mass is 2260 g/mol. The van der Waals surface area contributed by atoms with Crippen LogP contribution in [0.4, 0.5) is 299 Å². The molecule has 4 aromatic carbocycles. The van der Waals surface area contributed by atoms with Crippen molar-refractivity contribution in [3.8, 4) is 33.8 Å². The van der Waals surface area contributed by atoms with Gasteiger partial charge in [-0.3, -0.25) is 9.98 Å². The summed E-state index contributed by atoms with van der Waals surface area (Å²) in [5.74, 6) is -266. The van der Waals surface area contributed by atoms with Gasteiger partial charge in [0.25, 0.3) is 0 Å². The van der Waals surface area contributed by atoms with E-state index >= 15 is 140 Å². The van der Waals surface area contributed by atoms with E-state index in [0.29, 0.717) is 41.5 Å². The lowest BCUT2D eigenvalue weighted by Crippen LogP contribution is -2.74. The van der Waals surface area contributed by atoms with Gasteiger partial charge in [0.1, 0.15) is 11.5 Å². The zero-order valence-electron chi connectivity index (χ0n) is 68.4. The number of benzene rings is 4. The average molecular weight is 2260 g/mol. The Hall–Kier alpha value is -8.94. The second kappa shape index (κ2) is 34.8. The summed E-state index contributed by atoms with van der Waals surface area (Å²) in [6, 6.07) is -16.8. The molecular formula is C72H42F68N2O2. The van der Waals surface area contributed by atoms with Crippen LogP contribution in [0, 0.1) is 0 Å². The maximum atomic E-state index is 16.4. The average Bonchev–Trinajstić information content (AvgIpc) is 0.693. The number of hydrogen-bond acceptors (Lipinski definition) is 4. The highest BCUT2D eigenvalue weighted by molar-refractivity contribution is 5.89. The van der Waals surface area contributed by atoms with Crippen molar-refractivity contribution < 1.29 is 309 Å². The third-order valence-corrected chi connectivity index (χ3v) is 21.3. The highest BCUT2D eigenvalue weighted by Crippen LogP contribution is 2.73. The zero-order chi connectivity index (χ0) is 115. The molecule has 0 aliphatic heterocycles. The number of phenols is 2. The van der Waals surface area contributed by atoms with Crippen LogP contribution in [0.25, 0.3) is 22.3 Å². The van der Waals surface area contributed by atoms with Gasteiger partial charge < -0.3 is 10.2 Å². The summed E-state index contributed by atoms with van der Waals surface area (Å²) in [5.41, 5.74) is -37.9. The molecule has 0 heterocycles. The number of nitrogens with zero attached hydrogens (tertiary/aromatic N) is 2. The van der Waals surface area contributed by atoms with Crippen molar-refractivity contribution in [1.82, 2.24) is 0 Å². The first kappa shape index (κ1) is 126. The number of halogens is 68. The summed E-state index contributed by atoms with van der Waals surface area (Å²) in [6.45, 7) is 3.86. The van der Waals surface area contributed by atoms with Crippen LogP contribution in [0.3, 0.4) is 0 Å². The van der Waals surface area contributed by atoms with E-state index in [-0.39, 0.29) is 36.7 Å². The number of aliphatic imine (C=N–C) groups is 2. The summed E-state index contributed by atoms with van der Waals surface area (Å²) in [7, 11) is 0. The lowest BCUT2D eigenvalue weighted by atomic mass is 9.81. The highest BCUT2D eigenvalue weighted by Gasteiger charge is 3.01. The molecule has 0 spiro atoms. The minimum absolute atomic E-state index is 0.0852. The fraction of sp³-hybridized carbons (Fsp3) is 0.639. The molecule has 1 fully saturated rings. The standard InChI is InChI=1S/C72H42F68N2O2/c1-39(2,3)33-17-23(25-13-29(41(73,74)45(81,82)49(89,90)53(97,98)57(105,106)61(113,114)65(121,122)69(129,130)131)19-30(14-25)42(75,76)46(83,84)50(91,92)54(99,100)58(107,108)62(115,116)66(123,124)70(132,133)134)11-27(37(33)143)21-141-35-9-7-8-10-36(35)142-22-28-12-24(18-34(38(28)144)40(4,5)6)26-15-31(43(77,78)47(85,86)51(93,94)55(101,102)59(109,110)63(117,118)67(125,126)71(135,136)137)20-32(16-26)44(79,80)48(87,88)52(95,96)56(103,104)60(111,112)64(119,120)68(127,128)72(138,139)140/h11-22,35-36,143-144H,7-10H2,1-6H3/t35-,36-/m1/s1. The van der Waals surface area contributed by atoms with Crippen molar-refractivity contribution in [3.63, 3.8) is 0 Å². The summed E-state index contributed by atoms with van der Waals surface area (Å²) in [4.78, 5) is 7.49. The molecule has 1 aliphatic carbocycles. The van der Waals surface area contributed by atoms with Crippen LogP contribution in [-0.4, -0.2) is 202 Å². The van der Waals surface area contributed by atoms with Crippen molar-refractivity contribution in [2.75, 3.05) is 0 Å². The minimum atomic E-state index is -9.80. The molecule has 2 N–H and O–H groups in total. The summed E-state index contributed by atoms with van der Waals surface area (Å²) in [6.07, 6.45) is -36.8. The molecule has 72 heteroatoms. The van der Waals surface area contributed by atoms with Gasteiger partial charge in [0.2, 0.25) is 0 Å². The van der Waals surface area contributed by atoms with Gasteiger partial charge in [0, 0.05) is 56.9 Å². The number of rotatable bonds is 34. The fourth-order valence-electron chi connectivity index (χ4n) is 12.5. The number of aromatic hydroxyl groups is 2. The van der Waals surface area contributed by atoms with Crippen molar-refractivity contribution >= 4 is 12.4 Å². The van der Waals surface area contributed by atoms with Gasteiger partial charge in [-0.15, -0.1) is 0 Å². The van der Waals surface area contributed by atoms with E-state index in [1.165, 1.54) is 0 Å². The van der Waals surface area contributed by atoms with Crippen molar-refractivity contribution in [1.29, 1.82) is 0 Å². The first-order valence-electron chi connectivity index (χ1n) is 36.3. The predicted molar refractivity (Wildman–Crippen MR) is 344 cm³/mol. The normalized spacial score (nSPS) is 17.8. The maximum Gasteiger partial charge on any atom is 0.460 e. The van der Waals surface area contributed by atoms with Crippen LogP contribution < -0.4 is 0 Å². The topological polar surface area (TPSA) is 65.2 Å². The van der Waals surface area contributed by atoms with Gasteiger partial charge in [-0.25, -0.2) is 0 Å². The zero-order valence-corrected chi connectivity index (χ0v) is 68.4. The van der Waals surface area contributed by atoms with Gasteiger partial charge in [-0.2, -0.15) is 299 Å². The van der Waals surface area contributed by atoms with E-state index in [0.717, 1.165) is 0 Å². The Balaban J connectivity index is 1.98. The lowest BCUT2D eigenvalue weighted by molar-refractivity contribution is -0.463. The predicted octanol–water partition coefficient (Wildman–Crippen LogP) is 31.7. The van der Waals surface area contributed by atoms with E-state index in [1.54, 1.807) is 0 Å². The molecule has 5 rings (SSSR count). The second-order valence-corrected chi connectivity index (χ2v) is 33.1. The summed E-state index contributed by atoms with van der Waals surface area (Å²) >= 11 is 0. The maximum absolute atomic E-state index is 16.4. The Kier molecular flexibility index (Phi) is 30.4.